The zero-order valence-corrected chi connectivity index (χ0v) is 10.9. The van der Waals surface area contributed by atoms with Crippen LogP contribution in [0.1, 0.15) is 11.3 Å². The summed E-state index contributed by atoms with van der Waals surface area (Å²) in [6.07, 6.45) is 1.64. The van der Waals surface area contributed by atoms with Crippen molar-refractivity contribution in [2.75, 3.05) is 0 Å². The van der Waals surface area contributed by atoms with Crippen molar-refractivity contribution in [1.29, 1.82) is 5.26 Å². The van der Waals surface area contributed by atoms with E-state index in [9.17, 15) is 5.26 Å². The zero-order valence-electron chi connectivity index (χ0n) is 10.9. The van der Waals surface area contributed by atoms with Gasteiger partial charge in [-0.1, -0.05) is 18.2 Å². The molecule has 4 heteroatoms. The van der Waals surface area contributed by atoms with E-state index in [4.69, 9.17) is 4.74 Å². The Morgan fingerprint density at radius 2 is 2.00 bits per heavy atom. The number of pyridine rings is 2. The highest BCUT2D eigenvalue weighted by Crippen LogP contribution is 2.25. The Hall–Kier alpha value is -2.93. The normalized spacial score (nSPS) is 10.2. The van der Waals surface area contributed by atoms with Gasteiger partial charge in [0.15, 0.2) is 0 Å². The number of ether oxygens (including phenoxy) is 1. The molecule has 0 unspecified atom stereocenters. The van der Waals surface area contributed by atoms with E-state index in [1.165, 1.54) is 0 Å². The molecule has 0 saturated carbocycles. The molecule has 0 N–H and O–H groups in total. The second-order valence-electron chi connectivity index (χ2n) is 4.37. The van der Waals surface area contributed by atoms with Crippen LogP contribution in [0.3, 0.4) is 0 Å². The molecule has 96 valence electrons. The van der Waals surface area contributed by atoms with Gasteiger partial charge in [0.25, 0.3) is 0 Å². The first-order valence-corrected chi connectivity index (χ1v) is 6.16. The maximum atomic E-state index is 9.22. The average Bonchev–Trinajstić information content (AvgIpc) is 2.49. The number of aryl methyl sites for hydroxylation is 1. The van der Waals surface area contributed by atoms with E-state index in [1.54, 1.807) is 12.3 Å². The summed E-state index contributed by atoms with van der Waals surface area (Å²) in [7, 11) is 0. The SMILES string of the molecule is Cc1ccc(Oc2cc(C#N)c3ccccc3n2)cn1. The Labute approximate surface area is 116 Å². The number of fused-ring (bicyclic) bond motifs is 1. The third kappa shape index (κ3) is 2.29. The van der Waals surface area contributed by atoms with Crippen LogP contribution < -0.4 is 4.74 Å². The predicted octanol–water partition coefficient (Wildman–Crippen LogP) is 3.60. The monoisotopic (exact) mass is 261 g/mol. The molecule has 0 saturated heterocycles. The Balaban J connectivity index is 2.04. The quantitative estimate of drug-likeness (QED) is 0.707. The molecule has 20 heavy (non-hydrogen) atoms. The van der Waals surface area contributed by atoms with E-state index in [1.807, 2.05) is 43.3 Å². The molecule has 0 bridgehead atoms. The summed E-state index contributed by atoms with van der Waals surface area (Å²) in [5, 5.41) is 10.0. The maximum Gasteiger partial charge on any atom is 0.221 e. The number of hydrogen-bond donors (Lipinski definition) is 0. The first-order valence-electron chi connectivity index (χ1n) is 6.16. The highest BCUT2D eigenvalue weighted by Gasteiger charge is 2.07. The van der Waals surface area contributed by atoms with Crippen molar-refractivity contribution in [3.63, 3.8) is 0 Å². The van der Waals surface area contributed by atoms with Crippen molar-refractivity contribution in [3.8, 4) is 17.7 Å². The fraction of sp³-hybridized carbons (Fsp3) is 0.0625. The molecule has 0 amide bonds. The van der Waals surface area contributed by atoms with Crippen LogP contribution >= 0.6 is 0 Å². The lowest BCUT2D eigenvalue weighted by molar-refractivity contribution is 0.462. The molecule has 3 rings (SSSR count). The van der Waals surface area contributed by atoms with Crippen LogP contribution in [0.15, 0.2) is 48.7 Å². The van der Waals surface area contributed by atoms with Gasteiger partial charge in [-0.05, 0) is 25.1 Å². The van der Waals surface area contributed by atoms with Crippen molar-refractivity contribution in [1.82, 2.24) is 9.97 Å². The van der Waals surface area contributed by atoms with Gasteiger partial charge in [-0.25, -0.2) is 4.98 Å². The van der Waals surface area contributed by atoms with Crippen LogP contribution in [0.25, 0.3) is 10.9 Å². The Morgan fingerprint density at radius 3 is 2.75 bits per heavy atom. The van der Waals surface area contributed by atoms with Gasteiger partial charge < -0.3 is 4.74 Å². The molecule has 0 atom stereocenters. The van der Waals surface area contributed by atoms with Crippen molar-refractivity contribution < 1.29 is 4.74 Å². The summed E-state index contributed by atoms with van der Waals surface area (Å²) in [4.78, 5) is 8.56. The molecule has 2 heterocycles. The van der Waals surface area contributed by atoms with E-state index in [-0.39, 0.29) is 0 Å². The fourth-order valence-corrected chi connectivity index (χ4v) is 1.93. The number of rotatable bonds is 2. The lowest BCUT2D eigenvalue weighted by Gasteiger charge is -2.07. The fourth-order valence-electron chi connectivity index (χ4n) is 1.93. The van der Waals surface area contributed by atoms with E-state index >= 15 is 0 Å². The van der Waals surface area contributed by atoms with Crippen molar-refractivity contribution in [2.24, 2.45) is 0 Å². The van der Waals surface area contributed by atoms with E-state index < -0.39 is 0 Å². The van der Waals surface area contributed by atoms with Gasteiger partial charge in [-0.2, -0.15) is 5.26 Å². The standard InChI is InChI=1S/C16H11N3O/c1-11-6-7-13(10-18-11)20-16-8-12(9-17)14-4-2-3-5-15(14)19-16/h2-8,10H,1H3. The zero-order chi connectivity index (χ0) is 13.9. The first-order chi connectivity index (χ1) is 9.76. The summed E-state index contributed by atoms with van der Waals surface area (Å²) in [5.74, 6) is 0.994. The molecule has 4 nitrogen and oxygen atoms in total. The summed E-state index contributed by atoms with van der Waals surface area (Å²) >= 11 is 0. The lowest BCUT2D eigenvalue weighted by atomic mass is 10.1. The van der Waals surface area contributed by atoms with Gasteiger partial charge >= 0.3 is 0 Å². The third-order valence-corrected chi connectivity index (χ3v) is 2.92. The average molecular weight is 261 g/mol. The minimum atomic E-state index is 0.394. The number of hydrogen-bond acceptors (Lipinski definition) is 4. The Morgan fingerprint density at radius 1 is 1.15 bits per heavy atom. The molecule has 0 aliphatic heterocycles. The van der Waals surface area contributed by atoms with Crippen LogP contribution in [-0.4, -0.2) is 9.97 Å². The molecule has 3 aromatic rings. The highest BCUT2D eigenvalue weighted by atomic mass is 16.5. The lowest BCUT2D eigenvalue weighted by Crippen LogP contribution is -1.92. The first kappa shape index (κ1) is 12.1. The third-order valence-electron chi connectivity index (χ3n) is 2.92. The molecule has 1 aromatic carbocycles. The van der Waals surface area contributed by atoms with Gasteiger partial charge in [-0.3, -0.25) is 4.98 Å². The van der Waals surface area contributed by atoms with Crippen LogP contribution in [-0.2, 0) is 0 Å². The molecular formula is C16H11N3O. The largest absolute Gasteiger partial charge is 0.437 e. The van der Waals surface area contributed by atoms with E-state index in [2.05, 4.69) is 16.0 Å². The molecule has 0 aliphatic rings. The van der Waals surface area contributed by atoms with Gasteiger partial charge in [0, 0.05) is 17.1 Å². The predicted molar refractivity (Wildman–Crippen MR) is 75.5 cm³/mol. The maximum absolute atomic E-state index is 9.22. The smallest absolute Gasteiger partial charge is 0.221 e. The number of nitriles is 1. The van der Waals surface area contributed by atoms with Gasteiger partial charge in [0.2, 0.25) is 5.88 Å². The number of nitrogens with zero attached hydrogens (tertiary/aromatic N) is 3. The second kappa shape index (κ2) is 4.98. The topological polar surface area (TPSA) is 58.8 Å². The number of aromatic nitrogens is 2. The molecule has 0 radical (unpaired) electrons. The second-order valence-corrected chi connectivity index (χ2v) is 4.37. The summed E-state index contributed by atoms with van der Waals surface area (Å²) in [6.45, 7) is 1.91. The van der Waals surface area contributed by atoms with Crippen LogP contribution in [0, 0.1) is 18.3 Å². The molecule has 0 fully saturated rings. The van der Waals surface area contributed by atoms with Crippen molar-refractivity contribution in [3.05, 3.63) is 59.9 Å². The minimum Gasteiger partial charge on any atom is -0.437 e. The van der Waals surface area contributed by atoms with Gasteiger partial charge in [0.05, 0.1) is 17.3 Å². The van der Waals surface area contributed by atoms with Gasteiger partial charge in [-0.15, -0.1) is 0 Å². The Bertz CT molecular complexity index is 804. The van der Waals surface area contributed by atoms with Gasteiger partial charge in [0.1, 0.15) is 11.8 Å². The van der Waals surface area contributed by atoms with Crippen molar-refractivity contribution in [2.45, 2.75) is 6.92 Å². The molecule has 0 spiro atoms. The van der Waals surface area contributed by atoms with Crippen LogP contribution in [0.4, 0.5) is 0 Å². The summed E-state index contributed by atoms with van der Waals surface area (Å²) in [6, 6.07) is 15.0. The van der Waals surface area contributed by atoms with E-state index in [0.717, 1.165) is 16.6 Å². The number of benzene rings is 1. The van der Waals surface area contributed by atoms with E-state index in [0.29, 0.717) is 17.2 Å². The molecule has 0 aliphatic carbocycles. The van der Waals surface area contributed by atoms with Crippen molar-refractivity contribution >= 4 is 10.9 Å². The van der Waals surface area contributed by atoms with Crippen LogP contribution in [0.2, 0.25) is 0 Å². The van der Waals surface area contributed by atoms with Crippen LogP contribution in [0.5, 0.6) is 11.6 Å². The molecule has 2 aromatic heterocycles. The Kier molecular flexibility index (Phi) is 3.02. The number of para-hydroxylation sites is 1. The highest BCUT2D eigenvalue weighted by molar-refractivity contribution is 5.85. The summed E-state index contributed by atoms with van der Waals surface area (Å²) in [5.41, 5.74) is 2.20. The molecular weight excluding hydrogens is 250 g/mol. The summed E-state index contributed by atoms with van der Waals surface area (Å²) < 4.78 is 5.66. The minimum absolute atomic E-state index is 0.394.